The zero-order valence-corrected chi connectivity index (χ0v) is 8.98. The lowest BCUT2D eigenvalue weighted by atomic mass is 10.1. The number of H-pyrrole nitrogens is 1. The van der Waals surface area contributed by atoms with Crippen LogP contribution in [0.15, 0.2) is 30.6 Å². The first kappa shape index (κ1) is 11.8. The van der Waals surface area contributed by atoms with Gasteiger partial charge in [-0.25, -0.2) is 9.18 Å². The molecular weight excluding hydrogens is 241 g/mol. The number of hydrogen-bond acceptors (Lipinski definition) is 3. The smallest absolute Gasteiger partial charge is 0.337 e. The van der Waals surface area contributed by atoms with E-state index in [0.717, 1.165) is 6.07 Å². The number of anilines is 1. The molecule has 3 N–H and O–H groups in total. The lowest BCUT2D eigenvalue weighted by Gasteiger charge is -2.08. The summed E-state index contributed by atoms with van der Waals surface area (Å²) < 4.78 is 13.5. The summed E-state index contributed by atoms with van der Waals surface area (Å²) in [5.41, 5.74) is -0.502. The van der Waals surface area contributed by atoms with Crippen LogP contribution in [0.4, 0.5) is 10.1 Å². The molecule has 0 fully saturated rings. The van der Waals surface area contributed by atoms with Gasteiger partial charge in [0.1, 0.15) is 5.82 Å². The Bertz CT molecular complexity index is 596. The van der Waals surface area contributed by atoms with Gasteiger partial charge in [-0.2, -0.15) is 5.10 Å². The maximum absolute atomic E-state index is 13.5. The predicted molar refractivity (Wildman–Crippen MR) is 59.9 cm³/mol. The van der Waals surface area contributed by atoms with Gasteiger partial charge in [-0.15, -0.1) is 0 Å². The fourth-order valence-corrected chi connectivity index (χ4v) is 1.39. The average molecular weight is 249 g/mol. The van der Waals surface area contributed by atoms with Crippen LogP contribution >= 0.6 is 0 Å². The number of benzene rings is 1. The number of para-hydroxylation sites is 1. The summed E-state index contributed by atoms with van der Waals surface area (Å²) in [5.74, 6) is -2.78. The highest BCUT2D eigenvalue weighted by molar-refractivity contribution is 6.07. The van der Waals surface area contributed by atoms with Crippen molar-refractivity contribution in [2.75, 3.05) is 5.32 Å². The van der Waals surface area contributed by atoms with Gasteiger partial charge in [-0.1, -0.05) is 6.07 Å². The number of carbonyl (C=O) groups excluding carboxylic acids is 1. The van der Waals surface area contributed by atoms with Crippen LogP contribution in [0.2, 0.25) is 0 Å². The van der Waals surface area contributed by atoms with Crippen molar-refractivity contribution >= 4 is 17.6 Å². The number of aromatic carboxylic acids is 1. The van der Waals surface area contributed by atoms with Crippen molar-refractivity contribution in [2.24, 2.45) is 0 Å². The number of carboxylic acid groups (broad SMARTS) is 1. The van der Waals surface area contributed by atoms with E-state index in [0.29, 0.717) is 0 Å². The number of nitrogens with zero attached hydrogens (tertiary/aromatic N) is 1. The Labute approximate surface area is 100 Å². The lowest BCUT2D eigenvalue weighted by molar-refractivity contribution is 0.0697. The number of amides is 1. The predicted octanol–water partition coefficient (Wildman–Crippen LogP) is 1.50. The molecule has 18 heavy (non-hydrogen) atoms. The van der Waals surface area contributed by atoms with Gasteiger partial charge in [-0.3, -0.25) is 9.89 Å². The molecule has 2 rings (SSSR count). The fraction of sp³-hybridized carbons (Fsp3) is 0. The molecule has 0 aliphatic carbocycles. The van der Waals surface area contributed by atoms with Crippen molar-refractivity contribution in [3.63, 3.8) is 0 Å². The molecule has 6 nitrogen and oxygen atoms in total. The summed E-state index contributed by atoms with van der Waals surface area (Å²) in [4.78, 5) is 22.6. The largest absolute Gasteiger partial charge is 0.478 e. The van der Waals surface area contributed by atoms with Gasteiger partial charge < -0.3 is 10.4 Å². The molecule has 0 spiro atoms. The number of halogens is 1. The average Bonchev–Trinajstić information content (AvgIpc) is 2.85. The first-order chi connectivity index (χ1) is 8.59. The molecule has 1 aromatic heterocycles. The maximum Gasteiger partial charge on any atom is 0.337 e. The molecule has 0 atom stereocenters. The van der Waals surface area contributed by atoms with Crippen LogP contribution in [0.1, 0.15) is 20.7 Å². The molecule has 0 aliphatic heterocycles. The Morgan fingerprint density at radius 3 is 2.78 bits per heavy atom. The van der Waals surface area contributed by atoms with E-state index < -0.39 is 17.7 Å². The Hall–Kier alpha value is -2.70. The van der Waals surface area contributed by atoms with Gasteiger partial charge in [-0.05, 0) is 12.1 Å². The molecule has 1 amide bonds. The van der Waals surface area contributed by atoms with Gasteiger partial charge in [0, 0.05) is 6.20 Å². The van der Waals surface area contributed by atoms with Gasteiger partial charge >= 0.3 is 5.97 Å². The first-order valence-corrected chi connectivity index (χ1v) is 4.91. The number of aromatic amines is 1. The Balaban J connectivity index is 2.34. The van der Waals surface area contributed by atoms with E-state index in [9.17, 15) is 14.0 Å². The number of hydrogen-bond donors (Lipinski definition) is 3. The Morgan fingerprint density at radius 1 is 1.39 bits per heavy atom. The van der Waals surface area contributed by atoms with Crippen molar-refractivity contribution in [1.29, 1.82) is 0 Å². The monoisotopic (exact) mass is 249 g/mol. The maximum atomic E-state index is 13.5. The molecule has 0 aliphatic rings. The number of nitrogens with one attached hydrogen (secondary N) is 2. The second-order valence-corrected chi connectivity index (χ2v) is 3.41. The minimum atomic E-state index is -1.32. The minimum Gasteiger partial charge on any atom is -0.478 e. The van der Waals surface area contributed by atoms with Crippen LogP contribution < -0.4 is 5.32 Å². The summed E-state index contributed by atoms with van der Waals surface area (Å²) in [7, 11) is 0. The van der Waals surface area contributed by atoms with Gasteiger partial charge in [0.2, 0.25) is 0 Å². The zero-order chi connectivity index (χ0) is 13.1. The Kier molecular flexibility index (Phi) is 3.05. The summed E-state index contributed by atoms with van der Waals surface area (Å²) >= 11 is 0. The van der Waals surface area contributed by atoms with E-state index in [2.05, 4.69) is 15.5 Å². The number of aromatic nitrogens is 2. The fourth-order valence-electron chi connectivity index (χ4n) is 1.39. The molecule has 0 saturated heterocycles. The quantitative estimate of drug-likeness (QED) is 0.768. The standard InChI is InChI=1S/C11H8FN3O3/c12-8-3-1-2-7(11(17)18)9(8)15-10(16)6-4-13-14-5-6/h1-5H,(H,13,14)(H,15,16)(H,17,18). The van der Waals surface area contributed by atoms with Crippen LogP contribution in [-0.4, -0.2) is 27.2 Å². The summed E-state index contributed by atoms with van der Waals surface area (Å²) in [5, 5.41) is 17.1. The number of rotatable bonds is 3. The van der Waals surface area contributed by atoms with Crippen molar-refractivity contribution in [1.82, 2.24) is 10.2 Å². The zero-order valence-electron chi connectivity index (χ0n) is 8.98. The molecule has 0 unspecified atom stereocenters. The molecule has 92 valence electrons. The molecule has 0 saturated carbocycles. The molecule has 1 heterocycles. The van der Waals surface area contributed by atoms with Crippen LogP contribution in [-0.2, 0) is 0 Å². The molecular formula is C11H8FN3O3. The third-order valence-electron chi connectivity index (χ3n) is 2.24. The van der Waals surface area contributed by atoms with E-state index in [1.807, 2.05) is 0 Å². The Morgan fingerprint density at radius 2 is 2.17 bits per heavy atom. The van der Waals surface area contributed by atoms with Gasteiger partial charge in [0.15, 0.2) is 0 Å². The van der Waals surface area contributed by atoms with Crippen LogP contribution in [0.25, 0.3) is 0 Å². The van der Waals surface area contributed by atoms with Crippen molar-refractivity contribution < 1.29 is 19.1 Å². The van der Waals surface area contributed by atoms with Crippen molar-refractivity contribution in [3.05, 3.63) is 47.5 Å². The molecule has 0 bridgehead atoms. The van der Waals surface area contributed by atoms with E-state index in [4.69, 9.17) is 5.11 Å². The normalized spacial score (nSPS) is 10.1. The molecule has 0 radical (unpaired) electrons. The topological polar surface area (TPSA) is 95.1 Å². The number of carboxylic acids is 1. The van der Waals surface area contributed by atoms with Crippen LogP contribution in [0, 0.1) is 5.82 Å². The van der Waals surface area contributed by atoms with Crippen LogP contribution in [0.5, 0.6) is 0 Å². The molecule has 7 heteroatoms. The summed E-state index contributed by atoms with van der Waals surface area (Å²) in [6, 6.07) is 3.53. The summed E-state index contributed by atoms with van der Waals surface area (Å²) in [6.45, 7) is 0. The van der Waals surface area contributed by atoms with Crippen LogP contribution in [0.3, 0.4) is 0 Å². The van der Waals surface area contributed by atoms with E-state index in [1.54, 1.807) is 0 Å². The van der Waals surface area contributed by atoms with Gasteiger partial charge in [0.05, 0.1) is 23.0 Å². The summed E-state index contributed by atoms with van der Waals surface area (Å²) in [6.07, 6.45) is 2.56. The third-order valence-corrected chi connectivity index (χ3v) is 2.24. The lowest BCUT2D eigenvalue weighted by Crippen LogP contribution is -2.15. The van der Waals surface area contributed by atoms with Gasteiger partial charge in [0.25, 0.3) is 5.91 Å². The SMILES string of the molecule is O=C(Nc1c(F)cccc1C(=O)O)c1cn[nH]c1. The van der Waals surface area contributed by atoms with E-state index >= 15 is 0 Å². The minimum absolute atomic E-state index is 0.176. The first-order valence-electron chi connectivity index (χ1n) is 4.91. The molecule has 1 aromatic carbocycles. The third kappa shape index (κ3) is 2.19. The highest BCUT2D eigenvalue weighted by atomic mass is 19.1. The number of carbonyl (C=O) groups is 2. The highest BCUT2D eigenvalue weighted by Gasteiger charge is 2.17. The van der Waals surface area contributed by atoms with E-state index in [1.165, 1.54) is 24.5 Å². The highest BCUT2D eigenvalue weighted by Crippen LogP contribution is 2.20. The van der Waals surface area contributed by atoms with E-state index in [-0.39, 0.29) is 16.8 Å². The molecule has 2 aromatic rings. The van der Waals surface area contributed by atoms with Crippen molar-refractivity contribution in [2.45, 2.75) is 0 Å². The van der Waals surface area contributed by atoms with Crippen molar-refractivity contribution in [3.8, 4) is 0 Å². The second-order valence-electron chi connectivity index (χ2n) is 3.41. The second kappa shape index (κ2) is 4.66.